The van der Waals surface area contributed by atoms with Crippen molar-refractivity contribution in [2.24, 2.45) is 5.16 Å². The van der Waals surface area contributed by atoms with E-state index in [-0.39, 0.29) is 11.5 Å². The smallest absolute Gasteiger partial charge is 0.293 e. The van der Waals surface area contributed by atoms with Gasteiger partial charge in [0.1, 0.15) is 5.71 Å². The molecule has 0 bridgehead atoms. The largest absolute Gasteiger partial charge is 0.381 e. The van der Waals surface area contributed by atoms with Gasteiger partial charge in [0.15, 0.2) is 5.78 Å². The highest BCUT2D eigenvalue weighted by atomic mass is 32.2. The number of rotatable bonds is 4. The third kappa shape index (κ3) is 4.63. The second kappa shape index (κ2) is 4.97. The number of carbonyl (C=O) groups excluding carboxylic acids is 1. The van der Waals surface area contributed by atoms with Gasteiger partial charge in [0.25, 0.3) is 0 Å². The molecule has 0 radical (unpaired) electrons. The molecule has 0 spiro atoms. The summed E-state index contributed by atoms with van der Waals surface area (Å²) in [5, 5.41) is 3.24. The Morgan fingerprint density at radius 3 is 2.36 bits per heavy atom. The minimum Gasteiger partial charge on any atom is -0.293 e. The van der Waals surface area contributed by atoms with E-state index in [1.54, 1.807) is 0 Å². The number of hydrogen-bond acceptors (Lipinski definition) is 5. The van der Waals surface area contributed by atoms with Gasteiger partial charge in [0, 0.05) is 6.92 Å². The first-order valence-corrected chi connectivity index (χ1v) is 3.77. The molecule has 0 N–H and O–H groups in total. The molecule has 0 aliphatic heterocycles. The average molecular weight is 179 g/mol. The van der Waals surface area contributed by atoms with Crippen LogP contribution in [0.4, 0.5) is 0 Å². The summed E-state index contributed by atoms with van der Waals surface area (Å²) in [4.78, 5) is 10.5. The summed E-state index contributed by atoms with van der Waals surface area (Å²) in [7, 11) is 1.20. The number of carbonyl (C=O) groups is 1. The fourth-order valence-corrected chi connectivity index (χ4v) is 0.415. The second-order valence-electron chi connectivity index (χ2n) is 1.68. The Bertz CT molecular complexity index is 201. The van der Waals surface area contributed by atoms with Crippen molar-refractivity contribution in [1.29, 1.82) is 0 Å². The van der Waals surface area contributed by atoms with Crippen molar-refractivity contribution in [2.75, 3.05) is 7.11 Å². The molecule has 0 saturated heterocycles. The van der Waals surface area contributed by atoms with Crippen molar-refractivity contribution in [3.05, 3.63) is 0 Å². The molecule has 0 fully saturated rings. The number of hydrogen-bond donors (Lipinski definition) is 0. The van der Waals surface area contributed by atoms with Crippen LogP contribution in [-0.2, 0) is 24.6 Å². The summed E-state index contributed by atoms with van der Waals surface area (Å²) >= 11 is -1.90. The van der Waals surface area contributed by atoms with Crippen molar-refractivity contribution in [2.45, 2.75) is 13.8 Å². The molecular weight excluding hydrogens is 170 g/mol. The van der Waals surface area contributed by atoms with E-state index in [0.29, 0.717) is 0 Å². The predicted molar refractivity (Wildman–Crippen MR) is 40.0 cm³/mol. The average Bonchev–Trinajstić information content (AvgIpc) is 1.99. The summed E-state index contributed by atoms with van der Waals surface area (Å²) in [5.41, 5.74) is 0.149. The van der Waals surface area contributed by atoms with E-state index >= 15 is 0 Å². The summed E-state index contributed by atoms with van der Waals surface area (Å²) in [6.07, 6.45) is 0. The zero-order valence-corrected chi connectivity index (χ0v) is 7.30. The Morgan fingerprint density at radius 2 is 2.00 bits per heavy atom. The highest BCUT2D eigenvalue weighted by molar-refractivity contribution is 7.75. The Balaban J connectivity index is 3.92. The predicted octanol–water partition coefficient (Wildman–Crippen LogP) is 0.193. The summed E-state index contributed by atoms with van der Waals surface area (Å²) in [5.74, 6) is -0.238. The van der Waals surface area contributed by atoms with E-state index in [1.165, 1.54) is 21.0 Å². The Labute approximate surface area is 67.2 Å². The topological polar surface area (TPSA) is 65.0 Å². The van der Waals surface area contributed by atoms with Crippen LogP contribution in [0, 0.1) is 0 Å². The zero-order valence-electron chi connectivity index (χ0n) is 6.49. The maximum atomic E-state index is 10.5. The van der Waals surface area contributed by atoms with E-state index < -0.39 is 11.4 Å². The molecule has 0 aliphatic carbocycles. The highest BCUT2D eigenvalue weighted by Gasteiger charge is 2.00. The SMILES string of the molecule is COS(=O)O/N=C(\C)C(C)=O. The third-order valence-electron chi connectivity index (χ3n) is 0.881. The van der Waals surface area contributed by atoms with Crippen LogP contribution >= 0.6 is 0 Å². The molecule has 0 amide bonds. The maximum Gasteiger partial charge on any atom is 0.381 e. The van der Waals surface area contributed by atoms with E-state index in [2.05, 4.69) is 13.6 Å². The lowest BCUT2D eigenvalue weighted by Crippen LogP contribution is -2.06. The van der Waals surface area contributed by atoms with Gasteiger partial charge in [-0.05, 0) is 6.92 Å². The Kier molecular flexibility index (Phi) is 4.64. The molecule has 0 rings (SSSR count). The van der Waals surface area contributed by atoms with E-state index in [1.807, 2.05) is 0 Å². The van der Waals surface area contributed by atoms with E-state index in [4.69, 9.17) is 0 Å². The molecule has 64 valence electrons. The first-order valence-electron chi connectivity index (χ1n) is 2.77. The van der Waals surface area contributed by atoms with Crippen LogP contribution in [0.15, 0.2) is 5.16 Å². The van der Waals surface area contributed by atoms with Crippen molar-refractivity contribution in [3.8, 4) is 0 Å². The van der Waals surface area contributed by atoms with E-state index in [0.717, 1.165) is 0 Å². The molecule has 1 unspecified atom stereocenters. The fraction of sp³-hybridized carbons (Fsp3) is 0.600. The van der Waals surface area contributed by atoms with Crippen LogP contribution in [0.5, 0.6) is 0 Å². The molecule has 0 aromatic rings. The number of nitrogens with zero attached hydrogens (tertiary/aromatic N) is 1. The maximum absolute atomic E-state index is 10.5. The van der Waals surface area contributed by atoms with Crippen LogP contribution in [0.3, 0.4) is 0 Å². The molecule has 11 heavy (non-hydrogen) atoms. The normalized spacial score (nSPS) is 14.3. The molecular formula is C5H9NO4S. The molecule has 0 saturated carbocycles. The van der Waals surface area contributed by atoms with Crippen LogP contribution in [0.1, 0.15) is 13.8 Å². The molecule has 0 aromatic carbocycles. The van der Waals surface area contributed by atoms with Crippen LogP contribution in [0.2, 0.25) is 0 Å². The molecule has 0 aliphatic rings. The van der Waals surface area contributed by atoms with Crippen LogP contribution < -0.4 is 0 Å². The first kappa shape index (κ1) is 10.2. The van der Waals surface area contributed by atoms with E-state index in [9.17, 15) is 9.00 Å². The lowest BCUT2D eigenvalue weighted by molar-refractivity contribution is -0.111. The number of Topliss-reactive ketones (excluding diaryl/α,β-unsaturated/α-hetero) is 1. The van der Waals surface area contributed by atoms with Gasteiger partial charge in [-0.3, -0.25) is 13.3 Å². The summed E-state index contributed by atoms with van der Waals surface area (Å²) in [6.45, 7) is 2.78. The number of ketones is 1. The lowest BCUT2D eigenvalue weighted by Gasteiger charge is -1.94. The Hall–Kier alpha value is -0.750. The van der Waals surface area contributed by atoms with Gasteiger partial charge in [0.05, 0.1) is 7.11 Å². The lowest BCUT2D eigenvalue weighted by atomic mass is 10.3. The number of oxime groups is 1. The van der Waals surface area contributed by atoms with Gasteiger partial charge < -0.3 is 0 Å². The van der Waals surface area contributed by atoms with Gasteiger partial charge in [-0.1, -0.05) is 5.16 Å². The van der Waals surface area contributed by atoms with Crippen molar-refractivity contribution >= 4 is 22.9 Å². The van der Waals surface area contributed by atoms with Gasteiger partial charge in [-0.2, -0.15) is 4.21 Å². The van der Waals surface area contributed by atoms with Gasteiger partial charge >= 0.3 is 11.4 Å². The van der Waals surface area contributed by atoms with Crippen molar-refractivity contribution in [3.63, 3.8) is 0 Å². The molecule has 0 heterocycles. The van der Waals surface area contributed by atoms with Gasteiger partial charge in [0.2, 0.25) is 0 Å². The summed E-state index contributed by atoms with van der Waals surface area (Å²) < 4.78 is 18.8. The van der Waals surface area contributed by atoms with Crippen molar-refractivity contribution < 1.29 is 17.5 Å². The molecule has 5 nitrogen and oxygen atoms in total. The highest BCUT2D eigenvalue weighted by Crippen LogP contribution is 1.88. The standard InChI is InChI=1S/C5H9NO4S/c1-4(5(2)7)6-10-11(8)9-3/h1-3H3/b6-4+. The van der Waals surface area contributed by atoms with Gasteiger partial charge in [-0.25, -0.2) is 0 Å². The Morgan fingerprint density at radius 1 is 1.45 bits per heavy atom. The van der Waals surface area contributed by atoms with Crippen molar-refractivity contribution in [1.82, 2.24) is 0 Å². The molecule has 6 heteroatoms. The monoisotopic (exact) mass is 179 g/mol. The fourth-order valence-electron chi connectivity index (χ4n) is 0.181. The minimum atomic E-state index is -1.90. The quantitative estimate of drug-likeness (QED) is 0.456. The summed E-state index contributed by atoms with van der Waals surface area (Å²) in [6, 6.07) is 0. The second-order valence-corrected chi connectivity index (χ2v) is 2.57. The zero-order chi connectivity index (χ0) is 8.85. The first-order chi connectivity index (χ1) is 5.07. The van der Waals surface area contributed by atoms with Crippen LogP contribution in [-0.4, -0.2) is 22.8 Å². The molecule has 1 atom stereocenters. The molecule has 0 aromatic heterocycles. The minimum absolute atomic E-state index is 0.149. The third-order valence-corrected chi connectivity index (χ3v) is 1.35. The van der Waals surface area contributed by atoms with Gasteiger partial charge in [-0.15, -0.1) is 0 Å². The van der Waals surface area contributed by atoms with Crippen LogP contribution in [0.25, 0.3) is 0 Å².